The monoisotopic (exact) mass is 303 g/mol. The lowest BCUT2D eigenvalue weighted by Gasteiger charge is -2.23. The molecule has 0 saturated carbocycles. The standard InChI is InChI=1S/C12H15BrClNO/c1-12(4-5-16-8-12)15-7-9-2-3-10(13)11(14)6-9/h2-3,6,15H,4-5,7-8H2,1H3. The van der Waals surface area contributed by atoms with Crippen molar-refractivity contribution in [2.45, 2.75) is 25.4 Å². The highest BCUT2D eigenvalue weighted by molar-refractivity contribution is 9.10. The third-order valence-corrected chi connectivity index (χ3v) is 4.15. The van der Waals surface area contributed by atoms with Crippen LogP contribution in [0.2, 0.25) is 5.02 Å². The van der Waals surface area contributed by atoms with Crippen LogP contribution in [0.3, 0.4) is 0 Å². The predicted octanol–water partition coefficient (Wildman–Crippen LogP) is 3.37. The molecule has 1 N–H and O–H groups in total. The molecule has 0 aliphatic carbocycles. The zero-order chi connectivity index (χ0) is 11.6. The molecule has 4 heteroatoms. The number of ether oxygens (including phenoxy) is 1. The van der Waals surface area contributed by atoms with E-state index >= 15 is 0 Å². The Morgan fingerprint density at radius 2 is 2.38 bits per heavy atom. The maximum absolute atomic E-state index is 6.04. The smallest absolute Gasteiger partial charge is 0.0646 e. The molecule has 1 fully saturated rings. The fourth-order valence-electron chi connectivity index (χ4n) is 1.77. The molecule has 16 heavy (non-hydrogen) atoms. The Kier molecular flexibility index (Phi) is 3.90. The first-order valence-corrected chi connectivity index (χ1v) is 6.53. The van der Waals surface area contributed by atoms with Gasteiger partial charge in [-0.1, -0.05) is 17.7 Å². The third-order valence-electron chi connectivity index (χ3n) is 2.92. The van der Waals surface area contributed by atoms with Gasteiger partial charge < -0.3 is 10.1 Å². The zero-order valence-electron chi connectivity index (χ0n) is 9.22. The normalized spacial score (nSPS) is 24.9. The minimum absolute atomic E-state index is 0.111. The Morgan fingerprint density at radius 3 is 3.00 bits per heavy atom. The molecule has 0 aromatic heterocycles. The quantitative estimate of drug-likeness (QED) is 0.924. The second-order valence-electron chi connectivity index (χ2n) is 4.47. The van der Waals surface area contributed by atoms with Gasteiger partial charge in [0, 0.05) is 23.2 Å². The summed E-state index contributed by atoms with van der Waals surface area (Å²) in [4.78, 5) is 0. The molecule has 1 heterocycles. The Hall–Kier alpha value is -0.0900. The van der Waals surface area contributed by atoms with Crippen molar-refractivity contribution >= 4 is 27.5 Å². The summed E-state index contributed by atoms with van der Waals surface area (Å²) < 4.78 is 6.33. The van der Waals surface area contributed by atoms with Gasteiger partial charge >= 0.3 is 0 Å². The van der Waals surface area contributed by atoms with Crippen molar-refractivity contribution in [1.29, 1.82) is 0 Å². The van der Waals surface area contributed by atoms with Crippen LogP contribution >= 0.6 is 27.5 Å². The molecule has 0 radical (unpaired) electrons. The first-order valence-electron chi connectivity index (χ1n) is 5.36. The summed E-state index contributed by atoms with van der Waals surface area (Å²) in [5, 5.41) is 4.28. The van der Waals surface area contributed by atoms with E-state index in [0.717, 1.165) is 35.7 Å². The molecule has 1 aliphatic rings. The van der Waals surface area contributed by atoms with Gasteiger partial charge in [-0.3, -0.25) is 0 Å². The summed E-state index contributed by atoms with van der Waals surface area (Å²) in [6, 6.07) is 6.03. The van der Waals surface area contributed by atoms with Crippen molar-refractivity contribution in [3.63, 3.8) is 0 Å². The van der Waals surface area contributed by atoms with Gasteiger partial charge in [0.1, 0.15) is 0 Å². The number of nitrogens with one attached hydrogen (secondary N) is 1. The number of hydrogen-bond acceptors (Lipinski definition) is 2. The molecule has 1 atom stereocenters. The van der Waals surface area contributed by atoms with E-state index in [2.05, 4.69) is 34.2 Å². The Bertz CT molecular complexity index is 377. The molecule has 1 saturated heterocycles. The number of halogens is 2. The van der Waals surface area contributed by atoms with Crippen molar-refractivity contribution in [1.82, 2.24) is 5.32 Å². The zero-order valence-corrected chi connectivity index (χ0v) is 11.6. The minimum atomic E-state index is 0.111. The van der Waals surface area contributed by atoms with Crippen LogP contribution in [-0.4, -0.2) is 18.8 Å². The predicted molar refractivity (Wildman–Crippen MR) is 69.8 cm³/mol. The van der Waals surface area contributed by atoms with Crippen LogP contribution in [-0.2, 0) is 11.3 Å². The summed E-state index contributed by atoms with van der Waals surface area (Å²) in [5.74, 6) is 0. The molecule has 88 valence electrons. The molecule has 1 aromatic rings. The lowest BCUT2D eigenvalue weighted by molar-refractivity contribution is 0.171. The maximum Gasteiger partial charge on any atom is 0.0646 e. The van der Waals surface area contributed by atoms with Crippen LogP contribution in [0.25, 0.3) is 0 Å². The SMILES string of the molecule is CC1(NCc2ccc(Br)c(Cl)c2)CCOC1. The number of benzene rings is 1. The first-order chi connectivity index (χ1) is 7.59. The van der Waals surface area contributed by atoms with Crippen molar-refractivity contribution in [2.75, 3.05) is 13.2 Å². The van der Waals surface area contributed by atoms with Crippen molar-refractivity contribution < 1.29 is 4.74 Å². The van der Waals surface area contributed by atoms with Gasteiger partial charge in [0.2, 0.25) is 0 Å². The van der Waals surface area contributed by atoms with E-state index in [-0.39, 0.29) is 5.54 Å². The average Bonchev–Trinajstić information content (AvgIpc) is 2.68. The lowest BCUT2D eigenvalue weighted by Crippen LogP contribution is -2.42. The van der Waals surface area contributed by atoms with Gasteiger partial charge in [0.15, 0.2) is 0 Å². The Balaban J connectivity index is 1.96. The minimum Gasteiger partial charge on any atom is -0.379 e. The van der Waals surface area contributed by atoms with E-state index in [1.165, 1.54) is 5.56 Å². The van der Waals surface area contributed by atoms with Crippen LogP contribution in [0.15, 0.2) is 22.7 Å². The van der Waals surface area contributed by atoms with Crippen molar-refractivity contribution in [3.05, 3.63) is 33.3 Å². The maximum atomic E-state index is 6.04. The highest BCUT2D eigenvalue weighted by atomic mass is 79.9. The number of hydrogen-bond donors (Lipinski definition) is 1. The topological polar surface area (TPSA) is 21.3 Å². The van der Waals surface area contributed by atoms with Crippen LogP contribution in [0.1, 0.15) is 18.9 Å². The molecular formula is C12H15BrClNO. The van der Waals surface area contributed by atoms with Gasteiger partial charge in [-0.05, 0) is 47.0 Å². The molecule has 1 unspecified atom stereocenters. The fraction of sp³-hybridized carbons (Fsp3) is 0.500. The molecule has 1 aromatic carbocycles. The van der Waals surface area contributed by atoms with Gasteiger partial charge in [-0.15, -0.1) is 0 Å². The Labute approximate surface area is 109 Å². The largest absolute Gasteiger partial charge is 0.379 e. The van der Waals surface area contributed by atoms with E-state index in [1.807, 2.05) is 12.1 Å². The first kappa shape index (κ1) is 12.4. The highest BCUT2D eigenvalue weighted by Gasteiger charge is 2.28. The summed E-state index contributed by atoms with van der Waals surface area (Å²) in [7, 11) is 0. The summed E-state index contributed by atoms with van der Waals surface area (Å²) in [6.45, 7) is 4.66. The van der Waals surface area contributed by atoms with E-state index in [0.29, 0.717) is 0 Å². The lowest BCUT2D eigenvalue weighted by atomic mass is 10.0. The molecule has 2 nitrogen and oxygen atoms in total. The molecule has 0 amide bonds. The summed E-state index contributed by atoms with van der Waals surface area (Å²) in [5.41, 5.74) is 1.31. The number of rotatable bonds is 3. The van der Waals surface area contributed by atoms with Gasteiger partial charge in [-0.2, -0.15) is 0 Å². The third kappa shape index (κ3) is 2.98. The highest BCUT2D eigenvalue weighted by Crippen LogP contribution is 2.24. The molecule has 0 spiro atoms. The van der Waals surface area contributed by atoms with Gasteiger partial charge in [0.05, 0.1) is 11.6 Å². The molecular weight excluding hydrogens is 289 g/mol. The summed E-state index contributed by atoms with van der Waals surface area (Å²) >= 11 is 9.43. The summed E-state index contributed by atoms with van der Waals surface area (Å²) in [6.07, 6.45) is 1.07. The van der Waals surface area contributed by atoms with Crippen molar-refractivity contribution in [3.8, 4) is 0 Å². The van der Waals surface area contributed by atoms with Crippen LogP contribution in [0.5, 0.6) is 0 Å². The Morgan fingerprint density at radius 1 is 1.56 bits per heavy atom. The molecule has 0 bridgehead atoms. The van der Waals surface area contributed by atoms with E-state index in [1.54, 1.807) is 0 Å². The van der Waals surface area contributed by atoms with Crippen LogP contribution < -0.4 is 5.32 Å². The van der Waals surface area contributed by atoms with Gasteiger partial charge in [-0.25, -0.2) is 0 Å². The van der Waals surface area contributed by atoms with Gasteiger partial charge in [0.25, 0.3) is 0 Å². The second-order valence-corrected chi connectivity index (χ2v) is 5.73. The van der Waals surface area contributed by atoms with Crippen LogP contribution in [0, 0.1) is 0 Å². The average molecular weight is 305 g/mol. The van der Waals surface area contributed by atoms with E-state index in [4.69, 9.17) is 16.3 Å². The molecule has 1 aliphatic heterocycles. The fourth-order valence-corrected chi connectivity index (χ4v) is 2.22. The van der Waals surface area contributed by atoms with E-state index in [9.17, 15) is 0 Å². The van der Waals surface area contributed by atoms with Crippen LogP contribution in [0.4, 0.5) is 0 Å². The second kappa shape index (κ2) is 5.05. The van der Waals surface area contributed by atoms with E-state index < -0.39 is 0 Å². The van der Waals surface area contributed by atoms with Crippen molar-refractivity contribution in [2.24, 2.45) is 0 Å². The molecule has 2 rings (SSSR count).